The second kappa shape index (κ2) is 7.47. The summed E-state index contributed by atoms with van der Waals surface area (Å²) < 4.78 is 37.3. The predicted octanol–water partition coefficient (Wildman–Crippen LogP) is 0.609. The van der Waals surface area contributed by atoms with Gasteiger partial charge in [-0.15, -0.1) is 0 Å². The molecule has 20 heavy (non-hydrogen) atoms. The number of nitrogens with one attached hydrogen (secondary N) is 1. The van der Waals surface area contributed by atoms with Crippen molar-refractivity contribution >= 4 is 11.8 Å². The van der Waals surface area contributed by atoms with E-state index >= 15 is 0 Å². The lowest BCUT2D eigenvalue weighted by atomic mass is 10.3. The zero-order valence-corrected chi connectivity index (χ0v) is 11.5. The van der Waals surface area contributed by atoms with E-state index in [1.165, 1.54) is 4.90 Å². The lowest BCUT2D eigenvalue weighted by molar-refractivity contribution is -0.167. The van der Waals surface area contributed by atoms with Crippen LogP contribution in [-0.2, 0) is 9.59 Å². The molecule has 0 aliphatic carbocycles. The quantitative estimate of drug-likeness (QED) is 0.776. The normalized spacial score (nSPS) is 16.7. The molecule has 0 unspecified atom stereocenters. The first kappa shape index (κ1) is 16.7. The lowest BCUT2D eigenvalue weighted by Crippen LogP contribution is -2.49. The minimum Gasteiger partial charge on any atom is -0.333 e. The first-order chi connectivity index (χ1) is 9.35. The number of carbonyl (C=O) groups is 2. The highest BCUT2D eigenvalue weighted by molar-refractivity contribution is 6.34. The molecule has 0 atom stereocenters. The highest BCUT2D eigenvalue weighted by Crippen LogP contribution is 2.17. The van der Waals surface area contributed by atoms with Crippen molar-refractivity contribution in [3.05, 3.63) is 0 Å². The molecule has 1 aliphatic heterocycles. The largest absolute Gasteiger partial charge is 0.406 e. The molecule has 116 valence electrons. The highest BCUT2D eigenvalue weighted by Gasteiger charge is 2.36. The molecule has 8 heteroatoms. The first-order valence-corrected chi connectivity index (χ1v) is 6.71. The number of rotatable bonds is 3. The van der Waals surface area contributed by atoms with Gasteiger partial charge in [0.1, 0.15) is 6.54 Å². The van der Waals surface area contributed by atoms with Gasteiger partial charge in [0.05, 0.1) is 0 Å². The summed E-state index contributed by atoms with van der Waals surface area (Å²) in [6.45, 7) is 2.23. The molecule has 0 aromatic heterocycles. The minimum atomic E-state index is -4.49. The van der Waals surface area contributed by atoms with Crippen molar-refractivity contribution in [1.82, 2.24) is 15.1 Å². The molecule has 0 radical (unpaired) electrons. The number of halogens is 3. The molecular formula is C12H20F3N3O2. The summed E-state index contributed by atoms with van der Waals surface area (Å²) in [7, 11) is 0. The average molecular weight is 295 g/mol. The van der Waals surface area contributed by atoms with E-state index in [2.05, 4.69) is 5.32 Å². The maximum absolute atomic E-state index is 12.4. The van der Waals surface area contributed by atoms with Gasteiger partial charge in [-0.25, -0.2) is 0 Å². The molecule has 1 heterocycles. The SMILES string of the molecule is CCCN(CC(F)(F)F)C(=O)C(=O)N1CCCNCC1. The van der Waals surface area contributed by atoms with Crippen LogP contribution in [0.3, 0.4) is 0 Å². The predicted molar refractivity (Wildman–Crippen MR) is 67.0 cm³/mol. The molecular weight excluding hydrogens is 275 g/mol. The molecule has 0 bridgehead atoms. The fourth-order valence-corrected chi connectivity index (χ4v) is 2.06. The third-order valence-corrected chi connectivity index (χ3v) is 2.96. The maximum Gasteiger partial charge on any atom is 0.406 e. The molecule has 0 spiro atoms. The summed E-state index contributed by atoms with van der Waals surface area (Å²) in [6.07, 6.45) is -3.44. The van der Waals surface area contributed by atoms with Crippen LogP contribution in [0.4, 0.5) is 13.2 Å². The summed E-state index contributed by atoms with van der Waals surface area (Å²) in [5.41, 5.74) is 0. The Hall–Kier alpha value is -1.31. The van der Waals surface area contributed by atoms with Gasteiger partial charge in [0.25, 0.3) is 0 Å². The van der Waals surface area contributed by atoms with Gasteiger partial charge in [0.15, 0.2) is 0 Å². The second-order valence-electron chi connectivity index (χ2n) is 4.74. The van der Waals surface area contributed by atoms with E-state index in [9.17, 15) is 22.8 Å². The van der Waals surface area contributed by atoms with E-state index in [0.717, 1.165) is 6.54 Å². The fourth-order valence-electron chi connectivity index (χ4n) is 2.06. The van der Waals surface area contributed by atoms with Crippen molar-refractivity contribution in [3.8, 4) is 0 Å². The summed E-state index contributed by atoms with van der Waals surface area (Å²) in [5, 5.41) is 3.06. The third kappa shape index (κ3) is 5.36. The Morgan fingerprint density at radius 3 is 2.55 bits per heavy atom. The molecule has 2 amide bonds. The third-order valence-electron chi connectivity index (χ3n) is 2.96. The first-order valence-electron chi connectivity index (χ1n) is 6.71. The topological polar surface area (TPSA) is 52.7 Å². The van der Waals surface area contributed by atoms with Crippen molar-refractivity contribution in [3.63, 3.8) is 0 Å². The van der Waals surface area contributed by atoms with E-state index in [1.54, 1.807) is 6.92 Å². The lowest BCUT2D eigenvalue weighted by Gasteiger charge is -2.26. The smallest absolute Gasteiger partial charge is 0.333 e. The number of nitrogens with zero attached hydrogens (tertiary/aromatic N) is 2. The Morgan fingerprint density at radius 1 is 1.25 bits per heavy atom. The van der Waals surface area contributed by atoms with Crippen LogP contribution >= 0.6 is 0 Å². The molecule has 0 aromatic rings. The summed E-state index contributed by atoms with van der Waals surface area (Å²) in [5.74, 6) is -1.91. The zero-order chi connectivity index (χ0) is 15.2. The van der Waals surface area contributed by atoms with Crippen molar-refractivity contribution in [2.24, 2.45) is 0 Å². The van der Waals surface area contributed by atoms with Gasteiger partial charge in [-0.2, -0.15) is 13.2 Å². The van der Waals surface area contributed by atoms with Crippen LogP contribution in [0.2, 0.25) is 0 Å². The summed E-state index contributed by atoms with van der Waals surface area (Å²) >= 11 is 0. The van der Waals surface area contributed by atoms with Gasteiger partial charge in [0.2, 0.25) is 0 Å². The molecule has 5 nitrogen and oxygen atoms in total. The van der Waals surface area contributed by atoms with E-state index in [4.69, 9.17) is 0 Å². The van der Waals surface area contributed by atoms with Gasteiger partial charge in [-0.1, -0.05) is 6.92 Å². The van der Waals surface area contributed by atoms with Gasteiger partial charge in [0, 0.05) is 26.2 Å². The monoisotopic (exact) mass is 295 g/mol. The molecule has 1 aliphatic rings. The molecule has 1 saturated heterocycles. The molecule has 0 aromatic carbocycles. The Bertz CT molecular complexity index is 339. The van der Waals surface area contributed by atoms with E-state index < -0.39 is 24.5 Å². The van der Waals surface area contributed by atoms with Crippen molar-refractivity contribution in [2.45, 2.75) is 25.9 Å². The van der Waals surface area contributed by atoms with Gasteiger partial charge in [-0.05, 0) is 19.4 Å². The number of alkyl halides is 3. The average Bonchev–Trinajstić information content (AvgIpc) is 2.63. The van der Waals surface area contributed by atoms with Crippen LogP contribution < -0.4 is 5.32 Å². The van der Waals surface area contributed by atoms with Gasteiger partial charge in [-0.3, -0.25) is 9.59 Å². The molecule has 1 N–H and O–H groups in total. The number of amides is 2. The van der Waals surface area contributed by atoms with Crippen molar-refractivity contribution < 1.29 is 22.8 Å². The minimum absolute atomic E-state index is 0.0732. The van der Waals surface area contributed by atoms with Gasteiger partial charge < -0.3 is 15.1 Å². The van der Waals surface area contributed by atoms with Crippen LogP contribution in [-0.4, -0.2) is 67.1 Å². The van der Waals surface area contributed by atoms with E-state index in [0.29, 0.717) is 37.4 Å². The van der Waals surface area contributed by atoms with E-state index in [1.807, 2.05) is 0 Å². The van der Waals surface area contributed by atoms with Crippen LogP contribution in [0, 0.1) is 0 Å². The number of carbonyl (C=O) groups excluding carboxylic acids is 2. The fraction of sp³-hybridized carbons (Fsp3) is 0.833. The zero-order valence-electron chi connectivity index (χ0n) is 11.5. The Kier molecular flexibility index (Phi) is 6.25. The molecule has 1 fully saturated rings. The summed E-state index contributed by atoms with van der Waals surface area (Å²) in [4.78, 5) is 25.8. The van der Waals surface area contributed by atoms with Crippen molar-refractivity contribution in [2.75, 3.05) is 39.3 Å². The Balaban J connectivity index is 2.69. The second-order valence-corrected chi connectivity index (χ2v) is 4.74. The van der Waals surface area contributed by atoms with Crippen molar-refractivity contribution in [1.29, 1.82) is 0 Å². The van der Waals surface area contributed by atoms with Crippen LogP contribution in [0.5, 0.6) is 0 Å². The number of hydrogen-bond acceptors (Lipinski definition) is 3. The van der Waals surface area contributed by atoms with E-state index in [-0.39, 0.29) is 6.54 Å². The maximum atomic E-state index is 12.4. The Labute approximate surface area is 116 Å². The molecule has 0 saturated carbocycles. The van der Waals surface area contributed by atoms with Crippen LogP contribution in [0.15, 0.2) is 0 Å². The van der Waals surface area contributed by atoms with Crippen LogP contribution in [0.1, 0.15) is 19.8 Å². The molecule has 1 rings (SSSR count). The number of hydrogen-bond donors (Lipinski definition) is 1. The highest BCUT2D eigenvalue weighted by atomic mass is 19.4. The Morgan fingerprint density at radius 2 is 1.95 bits per heavy atom. The standard InChI is InChI=1S/C12H20F3N3O2/c1-2-6-18(9-12(13,14)15)11(20)10(19)17-7-3-4-16-5-8-17/h16H,2-9H2,1H3. The van der Waals surface area contributed by atoms with Crippen LogP contribution in [0.25, 0.3) is 0 Å². The van der Waals surface area contributed by atoms with Gasteiger partial charge >= 0.3 is 18.0 Å². The summed E-state index contributed by atoms with van der Waals surface area (Å²) in [6, 6.07) is 0.